The van der Waals surface area contributed by atoms with Crippen LogP contribution in [0.1, 0.15) is 11.1 Å². The number of rotatable bonds is 1. The van der Waals surface area contributed by atoms with Gasteiger partial charge in [0.25, 0.3) is 0 Å². The Labute approximate surface area is 162 Å². The zero-order chi connectivity index (χ0) is 18.8. The van der Waals surface area contributed by atoms with Crippen LogP contribution in [0.5, 0.6) is 0 Å². The first-order valence-corrected chi connectivity index (χ1v) is 9.44. The largest absolute Gasteiger partial charge is 0.308 e. The zero-order valence-electron chi connectivity index (χ0n) is 15.4. The smallest absolute Gasteiger partial charge is 0.0991 e. The number of nitriles is 1. The van der Waals surface area contributed by atoms with Crippen molar-refractivity contribution in [3.05, 3.63) is 90.0 Å². The van der Waals surface area contributed by atoms with Gasteiger partial charge in [0.05, 0.1) is 28.2 Å². The third-order valence-corrected chi connectivity index (χ3v) is 5.88. The summed E-state index contributed by atoms with van der Waals surface area (Å²) in [6, 6.07) is 30.0. The summed E-state index contributed by atoms with van der Waals surface area (Å²) in [5.41, 5.74) is 7.92. The normalized spacial score (nSPS) is 11.7. The Balaban J connectivity index is 1.86. The van der Waals surface area contributed by atoms with Crippen molar-refractivity contribution >= 4 is 38.1 Å². The molecule has 2 heterocycles. The number of fused-ring (bicyclic) bond motifs is 6. The molecule has 0 atom stereocenters. The SMILES string of the molecule is Cc1ccc(C#N)cc1-c1cc2c3ccccc3n3c4ccccc4c(c1)c23. The van der Waals surface area contributed by atoms with Crippen molar-refractivity contribution < 1.29 is 0 Å². The Hall–Kier alpha value is -3.83. The van der Waals surface area contributed by atoms with Gasteiger partial charge in [-0.2, -0.15) is 5.26 Å². The third kappa shape index (κ3) is 1.86. The molecule has 2 heteroatoms. The van der Waals surface area contributed by atoms with Crippen LogP contribution in [0, 0.1) is 18.3 Å². The summed E-state index contributed by atoms with van der Waals surface area (Å²) < 4.78 is 2.39. The van der Waals surface area contributed by atoms with Gasteiger partial charge in [0, 0.05) is 21.5 Å². The minimum absolute atomic E-state index is 0.694. The highest BCUT2D eigenvalue weighted by Crippen LogP contribution is 2.41. The van der Waals surface area contributed by atoms with E-state index in [4.69, 9.17) is 0 Å². The van der Waals surface area contributed by atoms with Crippen LogP contribution in [0.2, 0.25) is 0 Å². The average Bonchev–Trinajstić information content (AvgIpc) is 3.25. The van der Waals surface area contributed by atoms with Crippen LogP contribution in [0.3, 0.4) is 0 Å². The summed E-state index contributed by atoms with van der Waals surface area (Å²) in [5, 5.41) is 14.4. The molecule has 0 saturated heterocycles. The van der Waals surface area contributed by atoms with Gasteiger partial charge in [0.1, 0.15) is 0 Å². The fraction of sp³-hybridized carbons (Fsp3) is 0.0385. The summed E-state index contributed by atoms with van der Waals surface area (Å²) in [4.78, 5) is 0. The van der Waals surface area contributed by atoms with Crippen LogP contribution >= 0.6 is 0 Å². The van der Waals surface area contributed by atoms with E-state index in [0.717, 1.165) is 11.1 Å². The van der Waals surface area contributed by atoms with Gasteiger partial charge in [-0.3, -0.25) is 0 Å². The Bertz CT molecular complexity index is 1490. The van der Waals surface area contributed by atoms with E-state index in [1.807, 2.05) is 18.2 Å². The minimum atomic E-state index is 0.694. The number of para-hydroxylation sites is 2. The molecule has 6 rings (SSSR count). The molecule has 4 aromatic carbocycles. The predicted molar refractivity (Wildman–Crippen MR) is 116 cm³/mol. The van der Waals surface area contributed by atoms with Crippen molar-refractivity contribution in [2.45, 2.75) is 6.92 Å². The summed E-state index contributed by atoms with van der Waals surface area (Å²) in [6.45, 7) is 2.11. The minimum Gasteiger partial charge on any atom is -0.308 e. The van der Waals surface area contributed by atoms with Crippen molar-refractivity contribution in [2.75, 3.05) is 0 Å². The molecule has 130 valence electrons. The first kappa shape index (κ1) is 15.2. The van der Waals surface area contributed by atoms with Gasteiger partial charge in [-0.1, -0.05) is 42.5 Å². The molecule has 0 unspecified atom stereocenters. The average molecular weight is 356 g/mol. The molecule has 0 aliphatic carbocycles. The third-order valence-electron chi connectivity index (χ3n) is 5.88. The van der Waals surface area contributed by atoms with Crippen LogP contribution < -0.4 is 0 Å². The highest BCUT2D eigenvalue weighted by molar-refractivity contribution is 6.24. The quantitative estimate of drug-likeness (QED) is 0.323. The van der Waals surface area contributed by atoms with Crippen LogP contribution in [0.4, 0.5) is 0 Å². The van der Waals surface area contributed by atoms with E-state index in [9.17, 15) is 5.26 Å². The lowest BCUT2D eigenvalue weighted by molar-refractivity contribution is 1.37. The molecule has 2 aromatic heterocycles. The molecule has 0 spiro atoms. The van der Waals surface area contributed by atoms with Gasteiger partial charge in [-0.25, -0.2) is 0 Å². The fourth-order valence-electron chi connectivity index (χ4n) is 4.61. The Morgan fingerprint density at radius 2 is 1.32 bits per heavy atom. The highest BCUT2D eigenvalue weighted by Gasteiger charge is 2.18. The summed E-state index contributed by atoms with van der Waals surface area (Å²) in [6.07, 6.45) is 0. The second-order valence-electron chi connectivity index (χ2n) is 7.43. The molecule has 0 N–H and O–H groups in total. The van der Waals surface area contributed by atoms with E-state index in [2.05, 4.69) is 78.1 Å². The molecule has 0 aliphatic rings. The monoisotopic (exact) mass is 356 g/mol. The topological polar surface area (TPSA) is 28.2 Å². The zero-order valence-corrected chi connectivity index (χ0v) is 15.4. The van der Waals surface area contributed by atoms with Gasteiger partial charge in [-0.15, -0.1) is 0 Å². The summed E-state index contributed by atoms with van der Waals surface area (Å²) in [5.74, 6) is 0. The molecule has 0 saturated carbocycles. The first-order valence-electron chi connectivity index (χ1n) is 9.44. The lowest BCUT2D eigenvalue weighted by atomic mass is 9.95. The van der Waals surface area contributed by atoms with Crippen LogP contribution in [-0.4, -0.2) is 4.40 Å². The van der Waals surface area contributed by atoms with Gasteiger partial charge in [0.2, 0.25) is 0 Å². The van der Waals surface area contributed by atoms with Crippen molar-refractivity contribution in [3.8, 4) is 17.2 Å². The van der Waals surface area contributed by atoms with E-state index in [0.29, 0.717) is 5.56 Å². The summed E-state index contributed by atoms with van der Waals surface area (Å²) >= 11 is 0. The van der Waals surface area contributed by atoms with E-state index in [1.54, 1.807) is 0 Å². The Morgan fingerprint density at radius 1 is 0.714 bits per heavy atom. The van der Waals surface area contributed by atoms with Gasteiger partial charge in [-0.05, 0) is 60.0 Å². The van der Waals surface area contributed by atoms with Crippen molar-refractivity contribution in [1.29, 1.82) is 5.26 Å². The first-order chi connectivity index (χ1) is 13.8. The van der Waals surface area contributed by atoms with Gasteiger partial charge >= 0.3 is 0 Å². The lowest BCUT2D eigenvalue weighted by Gasteiger charge is -2.08. The number of aromatic nitrogens is 1. The highest BCUT2D eigenvalue weighted by atomic mass is 14.9. The van der Waals surface area contributed by atoms with Crippen molar-refractivity contribution in [3.63, 3.8) is 0 Å². The maximum atomic E-state index is 9.37. The predicted octanol–water partition coefficient (Wildman–Crippen LogP) is 6.68. The number of nitrogens with zero attached hydrogens (tertiary/aromatic N) is 2. The van der Waals surface area contributed by atoms with Gasteiger partial charge in [0.15, 0.2) is 0 Å². The maximum Gasteiger partial charge on any atom is 0.0991 e. The second-order valence-corrected chi connectivity index (χ2v) is 7.43. The standard InChI is InChI=1S/C26H16N2/c1-16-10-11-17(15-27)12-21(16)18-13-22-19-6-2-4-8-24(19)28-25-9-5-3-7-20(25)23(14-18)26(22)28/h2-14H,1H3. The molecular weight excluding hydrogens is 340 g/mol. The van der Waals surface area contributed by atoms with E-state index in [-0.39, 0.29) is 0 Å². The van der Waals surface area contributed by atoms with Crippen LogP contribution in [0.25, 0.3) is 49.2 Å². The number of benzene rings is 4. The molecule has 0 bridgehead atoms. The number of hydrogen-bond donors (Lipinski definition) is 0. The lowest BCUT2D eigenvalue weighted by Crippen LogP contribution is -1.86. The Morgan fingerprint density at radius 3 is 1.93 bits per heavy atom. The van der Waals surface area contributed by atoms with Crippen molar-refractivity contribution in [2.24, 2.45) is 0 Å². The molecule has 6 aromatic rings. The van der Waals surface area contributed by atoms with E-state index >= 15 is 0 Å². The van der Waals surface area contributed by atoms with E-state index < -0.39 is 0 Å². The summed E-state index contributed by atoms with van der Waals surface area (Å²) in [7, 11) is 0. The van der Waals surface area contributed by atoms with Crippen LogP contribution in [-0.2, 0) is 0 Å². The van der Waals surface area contributed by atoms with Crippen LogP contribution in [0.15, 0.2) is 78.9 Å². The van der Waals surface area contributed by atoms with Gasteiger partial charge < -0.3 is 4.40 Å². The second kappa shape index (κ2) is 5.34. The molecule has 0 amide bonds. The molecule has 0 fully saturated rings. The molecular formula is C26H16N2. The molecule has 28 heavy (non-hydrogen) atoms. The Kier molecular flexibility index (Phi) is 2.91. The molecule has 0 radical (unpaired) electrons. The fourth-order valence-corrected chi connectivity index (χ4v) is 4.61. The van der Waals surface area contributed by atoms with E-state index in [1.165, 1.54) is 43.7 Å². The molecule has 2 nitrogen and oxygen atoms in total. The van der Waals surface area contributed by atoms with Crippen molar-refractivity contribution in [1.82, 2.24) is 4.40 Å². The number of hydrogen-bond acceptors (Lipinski definition) is 1. The maximum absolute atomic E-state index is 9.37. The number of aryl methyl sites for hydroxylation is 1. The molecule has 0 aliphatic heterocycles.